The van der Waals surface area contributed by atoms with Crippen LogP contribution in [0, 0.1) is 12.3 Å². The van der Waals surface area contributed by atoms with Gasteiger partial charge >= 0.3 is 0 Å². The molecular weight excluding hydrogens is 480 g/mol. The quantitative estimate of drug-likeness (QED) is 0.507. The molecule has 2 fully saturated rings. The highest BCUT2D eigenvalue weighted by Gasteiger charge is 2.39. The molecule has 2 aromatic heterocycles. The number of terminal acetylenes is 1. The minimum atomic E-state index is -0.983. The van der Waals surface area contributed by atoms with Crippen molar-refractivity contribution in [3.05, 3.63) is 52.5 Å². The number of piperazine rings is 1. The number of likely N-dealkylation sites (N-methyl/N-ethyl adjacent to an activating group) is 1. The van der Waals surface area contributed by atoms with Crippen LogP contribution < -0.4 is 15.8 Å². The number of aliphatic imine (C=N–C) groups is 1. The van der Waals surface area contributed by atoms with Gasteiger partial charge in [0.2, 0.25) is 5.95 Å². The van der Waals surface area contributed by atoms with Gasteiger partial charge in [-0.1, -0.05) is 12.0 Å². The summed E-state index contributed by atoms with van der Waals surface area (Å²) in [6.07, 6.45) is 10.8. The molecule has 10 heteroatoms. The van der Waals surface area contributed by atoms with Crippen molar-refractivity contribution in [1.29, 1.82) is 0 Å². The molecule has 6 rings (SSSR count). The number of hydrogen-bond acceptors (Lipinski definition) is 8. The number of hydrogen-bond donors (Lipinski definition) is 2. The lowest BCUT2D eigenvalue weighted by Crippen LogP contribution is -2.44. The zero-order valence-corrected chi connectivity index (χ0v) is 21.8. The monoisotopic (exact) mass is 512 g/mol. The SMILES string of the molecule is C#CCn1c(=O)c2cnc(Nc3ccc(N4CCN(C)CC4)cc3)nc2n1C1CC=C2CCC(C)(O)C2=N1. The number of rotatable bonds is 5. The average molecular weight is 513 g/mol. The molecule has 0 bridgehead atoms. The number of nitrogens with zero attached hydrogens (tertiary/aromatic N) is 7. The number of fused-ring (bicyclic) bond motifs is 2. The summed E-state index contributed by atoms with van der Waals surface area (Å²) in [5.74, 6) is 2.95. The van der Waals surface area contributed by atoms with E-state index in [9.17, 15) is 9.90 Å². The molecule has 4 heterocycles. The second kappa shape index (κ2) is 9.42. The number of anilines is 3. The third-order valence-corrected chi connectivity index (χ3v) is 7.77. The van der Waals surface area contributed by atoms with E-state index in [1.165, 1.54) is 16.6 Å². The minimum Gasteiger partial charge on any atom is -0.384 e. The highest BCUT2D eigenvalue weighted by atomic mass is 16.3. The summed E-state index contributed by atoms with van der Waals surface area (Å²) in [6.45, 7) is 5.99. The summed E-state index contributed by atoms with van der Waals surface area (Å²) >= 11 is 0. The predicted molar refractivity (Wildman–Crippen MR) is 149 cm³/mol. The van der Waals surface area contributed by atoms with Crippen molar-refractivity contribution >= 4 is 34.1 Å². The molecule has 2 atom stereocenters. The Morgan fingerprint density at radius 3 is 2.71 bits per heavy atom. The van der Waals surface area contributed by atoms with E-state index in [2.05, 4.69) is 51.3 Å². The first-order valence-electron chi connectivity index (χ1n) is 13.1. The van der Waals surface area contributed by atoms with Crippen LogP contribution in [0.25, 0.3) is 11.0 Å². The molecule has 0 spiro atoms. The van der Waals surface area contributed by atoms with Crippen molar-refractivity contribution < 1.29 is 5.11 Å². The third-order valence-electron chi connectivity index (χ3n) is 7.77. The minimum absolute atomic E-state index is 0.0834. The van der Waals surface area contributed by atoms with Gasteiger partial charge in [-0.05, 0) is 56.7 Å². The molecule has 1 saturated carbocycles. The zero-order valence-electron chi connectivity index (χ0n) is 21.8. The normalized spacial score (nSPS) is 23.6. The Balaban J connectivity index is 1.32. The molecule has 0 amide bonds. The Kier molecular flexibility index (Phi) is 6.05. The van der Waals surface area contributed by atoms with Crippen molar-refractivity contribution in [2.45, 2.75) is 44.5 Å². The lowest BCUT2D eigenvalue weighted by Gasteiger charge is -2.34. The molecule has 196 valence electrons. The van der Waals surface area contributed by atoms with E-state index in [1.54, 1.807) is 11.6 Å². The number of aromatic nitrogens is 4. The van der Waals surface area contributed by atoms with E-state index in [0.29, 0.717) is 35.5 Å². The second-order valence-corrected chi connectivity index (χ2v) is 10.5. The van der Waals surface area contributed by atoms with Crippen LogP contribution in [0.2, 0.25) is 0 Å². The van der Waals surface area contributed by atoms with Gasteiger partial charge in [0.1, 0.15) is 23.7 Å². The molecule has 1 aromatic carbocycles. The van der Waals surface area contributed by atoms with Crippen LogP contribution in [-0.4, -0.2) is 73.9 Å². The van der Waals surface area contributed by atoms with Crippen LogP contribution >= 0.6 is 0 Å². The van der Waals surface area contributed by atoms with Gasteiger partial charge in [0.15, 0.2) is 5.65 Å². The van der Waals surface area contributed by atoms with E-state index >= 15 is 0 Å². The first kappa shape index (κ1) is 24.4. The fourth-order valence-electron chi connectivity index (χ4n) is 5.58. The van der Waals surface area contributed by atoms with Gasteiger partial charge < -0.3 is 20.2 Å². The summed E-state index contributed by atoms with van der Waals surface area (Å²) in [7, 11) is 2.15. The van der Waals surface area contributed by atoms with Crippen LogP contribution in [0.5, 0.6) is 0 Å². The Labute approximate surface area is 221 Å². The van der Waals surface area contributed by atoms with E-state index in [-0.39, 0.29) is 12.1 Å². The molecule has 3 aliphatic rings. The summed E-state index contributed by atoms with van der Waals surface area (Å²) in [6, 6.07) is 8.22. The highest BCUT2D eigenvalue weighted by Crippen LogP contribution is 2.37. The number of dihydropyridines is 1. The number of benzene rings is 1. The summed E-state index contributed by atoms with van der Waals surface area (Å²) in [5.41, 5.74) is 3.02. The van der Waals surface area contributed by atoms with E-state index in [4.69, 9.17) is 16.4 Å². The van der Waals surface area contributed by atoms with Crippen molar-refractivity contribution in [2.24, 2.45) is 4.99 Å². The lowest BCUT2D eigenvalue weighted by molar-refractivity contribution is 0.133. The van der Waals surface area contributed by atoms with Gasteiger partial charge in [-0.2, -0.15) is 4.98 Å². The van der Waals surface area contributed by atoms with Gasteiger partial charge in [0.25, 0.3) is 5.56 Å². The van der Waals surface area contributed by atoms with Gasteiger partial charge in [-0.3, -0.25) is 9.79 Å². The van der Waals surface area contributed by atoms with Crippen molar-refractivity contribution in [1.82, 2.24) is 24.2 Å². The van der Waals surface area contributed by atoms with Crippen LogP contribution in [0.15, 0.2) is 51.9 Å². The van der Waals surface area contributed by atoms with Crippen LogP contribution in [0.4, 0.5) is 17.3 Å². The summed E-state index contributed by atoms with van der Waals surface area (Å²) in [5, 5.41) is 14.5. The molecule has 2 unspecified atom stereocenters. The maximum atomic E-state index is 13.2. The lowest BCUT2D eigenvalue weighted by atomic mass is 10.00. The van der Waals surface area contributed by atoms with Crippen LogP contribution in [0.3, 0.4) is 0 Å². The Morgan fingerprint density at radius 1 is 1.21 bits per heavy atom. The van der Waals surface area contributed by atoms with E-state index in [1.807, 2.05) is 12.1 Å². The topological polar surface area (TPSA) is 104 Å². The fourth-order valence-corrected chi connectivity index (χ4v) is 5.58. The molecule has 38 heavy (non-hydrogen) atoms. The van der Waals surface area contributed by atoms with Crippen molar-refractivity contribution in [3.63, 3.8) is 0 Å². The molecule has 3 aromatic rings. The summed E-state index contributed by atoms with van der Waals surface area (Å²) in [4.78, 5) is 32.0. The van der Waals surface area contributed by atoms with E-state index in [0.717, 1.165) is 43.9 Å². The molecule has 0 radical (unpaired) electrons. The Hall–Kier alpha value is -3.94. The smallest absolute Gasteiger partial charge is 0.278 e. The molecule has 1 aliphatic carbocycles. The van der Waals surface area contributed by atoms with Gasteiger partial charge in [0.05, 0.1) is 5.71 Å². The second-order valence-electron chi connectivity index (χ2n) is 10.5. The maximum absolute atomic E-state index is 13.2. The zero-order chi connectivity index (χ0) is 26.4. The fraction of sp³-hybridized carbons (Fsp3) is 0.429. The first-order chi connectivity index (χ1) is 18.3. The molecule has 2 aliphatic heterocycles. The van der Waals surface area contributed by atoms with Gasteiger partial charge in [-0.15, -0.1) is 6.42 Å². The number of nitrogens with one attached hydrogen (secondary N) is 1. The molecule has 1 saturated heterocycles. The average Bonchev–Trinajstić information content (AvgIpc) is 3.37. The Morgan fingerprint density at radius 2 is 1.97 bits per heavy atom. The van der Waals surface area contributed by atoms with E-state index < -0.39 is 11.8 Å². The highest BCUT2D eigenvalue weighted by molar-refractivity contribution is 6.08. The van der Waals surface area contributed by atoms with Crippen LogP contribution in [-0.2, 0) is 6.54 Å². The molecular formula is C28H32N8O2. The molecule has 10 nitrogen and oxygen atoms in total. The standard InChI is InChI=1S/C28H32N8O2/c1-4-13-35-26(37)22-18-29-27(30-20-6-8-21(9-7-20)34-16-14-33(3)15-17-34)32-25(22)36(35)23-10-5-19-11-12-28(2,38)24(19)31-23/h1,5-9,18,23,38H,10-17H2,2-3H3,(H,29,30,32). The third kappa shape index (κ3) is 4.27. The van der Waals surface area contributed by atoms with Gasteiger partial charge in [-0.25, -0.2) is 14.3 Å². The molecule has 2 N–H and O–H groups in total. The predicted octanol–water partition coefficient (Wildman–Crippen LogP) is 2.54. The first-order valence-corrected chi connectivity index (χ1v) is 13.1. The number of aliphatic hydroxyl groups is 1. The van der Waals surface area contributed by atoms with Crippen molar-refractivity contribution in [3.8, 4) is 12.3 Å². The van der Waals surface area contributed by atoms with Crippen molar-refractivity contribution in [2.75, 3.05) is 43.4 Å². The largest absolute Gasteiger partial charge is 0.384 e. The maximum Gasteiger partial charge on any atom is 0.278 e. The van der Waals surface area contributed by atoms with Gasteiger partial charge in [0, 0.05) is 50.2 Å². The Bertz CT molecular complexity index is 1530. The summed E-state index contributed by atoms with van der Waals surface area (Å²) < 4.78 is 3.25. The van der Waals surface area contributed by atoms with Crippen LogP contribution in [0.1, 0.15) is 32.4 Å².